The van der Waals surface area contributed by atoms with E-state index in [9.17, 15) is 9.59 Å². The van der Waals surface area contributed by atoms with Gasteiger partial charge in [-0.2, -0.15) is 0 Å². The fourth-order valence-corrected chi connectivity index (χ4v) is 5.68. The topological polar surface area (TPSA) is 75.4 Å². The van der Waals surface area contributed by atoms with E-state index in [1.54, 1.807) is 0 Å². The van der Waals surface area contributed by atoms with Gasteiger partial charge in [0.05, 0.1) is 15.6 Å². The van der Waals surface area contributed by atoms with Crippen molar-refractivity contribution in [2.45, 2.75) is 53.5 Å². The monoisotopic (exact) mass is 525 g/mol. The van der Waals surface area contributed by atoms with Crippen molar-refractivity contribution >= 4 is 41.8 Å². The lowest BCUT2D eigenvalue weighted by molar-refractivity contribution is -0.138. The Morgan fingerprint density at radius 2 is 1.97 bits per heavy atom. The quantitative estimate of drug-likeness (QED) is 0.438. The molecule has 1 aromatic rings. The fourth-order valence-electron chi connectivity index (χ4n) is 3.88. The van der Waals surface area contributed by atoms with Crippen molar-refractivity contribution in [1.29, 1.82) is 0 Å². The molecule has 1 fully saturated rings. The van der Waals surface area contributed by atoms with Gasteiger partial charge in [-0.05, 0) is 48.2 Å². The maximum Gasteiger partial charge on any atom is 0.240 e. The molecule has 1 aliphatic rings. The van der Waals surface area contributed by atoms with E-state index in [0.29, 0.717) is 13.1 Å². The molecule has 2 unspecified atom stereocenters. The second-order valence-corrected chi connectivity index (χ2v) is 11.1. The minimum atomic E-state index is -0.363. The van der Waals surface area contributed by atoms with Crippen LogP contribution in [0, 0.1) is 18.3 Å². The predicted octanol–water partition coefficient (Wildman–Crippen LogP) is 3.86. The van der Waals surface area contributed by atoms with Gasteiger partial charge in [0.25, 0.3) is 0 Å². The zero-order valence-electron chi connectivity index (χ0n) is 19.1. The van der Waals surface area contributed by atoms with E-state index in [1.165, 1.54) is 20.3 Å². The van der Waals surface area contributed by atoms with Crippen LogP contribution in [0.1, 0.15) is 51.7 Å². The molecule has 30 heavy (non-hydrogen) atoms. The lowest BCUT2D eigenvalue weighted by atomic mass is 9.84. The lowest BCUT2D eigenvalue weighted by Gasteiger charge is -2.38. The van der Waals surface area contributed by atoms with Gasteiger partial charge in [0.2, 0.25) is 11.8 Å². The van der Waals surface area contributed by atoms with Crippen LogP contribution in [0.3, 0.4) is 0 Å². The first kappa shape index (κ1) is 24.7. The van der Waals surface area contributed by atoms with E-state index in [4.69, 9.17) is 5.73 Å². The summed E-state index contributed by atoms with van der Waals surface area (Å²) in [6.45, 7) is 11.6. The second-order valence-electron chi connectivity index (χ2n) is 8.99. The van der Waals surface area contributed by atoms with Gasteiger partial charge in [0, 0.05) is 18.7 Å². The zero-order chi connectivity index (χ0) is 22.5. The van der Waals surface area contributed by atoms with Gasteiger partial charge in [-0.25, -0.2) is 0 Å². The van der Waals surface area contributed by atoms with Crippen molar-refractivity contribution in [1.82, 2.24) is 10.2 Å². The lowest BCUT2D eigenvalue weighted by Crippen LogP contribution is -2.57. The summed E-state index contributed by atoms with van der Waals surface area (Å²) in [7, 11) is 0. The number of primary amides is 1. The second kappa shape index (κ2) is 10.7. The molecule has 1 saturated heterocycles. The number of alkyl halides is 1. The van der Waals surface area contributed by atoms with Crippen molar-refractivity contribution < 1.29 is 9.59 Å². The normalized spacial score (nSPS) is 19.8. The average molecular weight is 525 g/mol. The summed E-state index contributed by atoms with van der Waals surface area (Å²) in [4.78, 5) is 29.3. The van der Waals surface area contributed by atoms with E-state index >= 15 is 0 Å². The highest BCUT2D eigenvalue weighted by molar-refractivity contribution is 14.2. The van der Waals surface area contributed by atoms with Crippen molar-refractivity contribution in [3.8, 4) is 0 Å². The number of piperidine rings is 1. The Kier molecular flexibility index (Phi) is 8.79. The van der Waals surface area contributed by atoms with Crippen LogP contribution >= 0.6 is 20.7 Å². The van der Waals surface area contributed by atoms with Crippen LogP contribution in [0.25, 0.3) is 5.57 Å². The summed E-state index contributed by atoms with van der Waals surface area (Å²) in [5.41, 5.74) is 8.87. The molecule has 0 saturated carbocycles. The van der Waals surface area contributed by atoms with Gasteiger partial charge in [-0.15, -0.1) is 20.7 Å². The van der Waals surface area contributed by atoms with Gasteiger partial charge < -0.3 is 10.6 Å². The standard InChI is InChI=1S/C24H36IN3O2/c1-7-18(19-13-9-8-11-16(19)2)21(25-6)27-20(24(3,4)5)23(30)28-14-10-12-17(15-28)22(26)29/h7-9,11,13,17,20,27H,10,12,14-15H2,1-6H3,(H2,26,29)/b18-7+. The number of nitrogens with two attached hydrogens (primary N) is 1. The third-order valence-electron chi connectivity index (χ3n) is 5.67. The van der Waals surface area contributed by atoms with Gasteiger partial charge in [0.1, 0.15) is 0 Å². The van der Waals surface area contributed by atoms with Crippen molar-refractivity contribution in [2.75, 3.05) is 18.0 Å². The number of rotatable bonds is 6. The molecule has 0 radical (unpaired) electrons. The predicted molar refractivity (Wildman–Crippen MR) is 135 cm³/mol. The van der Waals surface area contributed by atoms with Crippen molar-refractivity contribution in [2.24, 2.45) is 17.1 Å². The SMILES string of the molecule is C/C=C(/C(NC(C(=O)N1CCCC(C(N)=O)C1)C(C)(C)C)=IC)c1ccccc1C. The first-order valence-corrected chi connectivity index (χ1v) is 13.8. The van der Waals surface area contributed by atoms with E-state index < -0.39 is 0 Å². The van der Waals surface area contributed by atoms with Crippen LogP contribution in [-0.4, -0.2) is 44.4 Å². The van der Waals surface area contributed by atoms with E-state index in [2.05, 4.69) is 69.1 Å². The number of hydrogen-bond acceptors (Lipinski definition) is 3. The molecule has 1 aliphatic heterocycles. The Hall–Kier alpha value is -1.54. The van der Waals surface area contributed by atoms with Gasteiger partial charge in [-0.1, -0.05) is 51.1 Å². The largest absolute Gasteiger partial charge is 0.369 e. The molecule has 166 valence electrons. The summed E-state index contributed by atoms with van der Waals surface area (Å²) >= 11 is -0.297. The van der Waals surface area contributed by atoms with Crippen LogP contribution in [0.2, 0.25) is 0 Å². The van der Waals surface area contributed by atoms with Crippen molar-refractivity contribution in [3.63, 3.8) is 0 Å². The van der Waals surface area contributed by atoms with Crippen LogP contribution in [0.5, 0.6) is 0 Å². The number of benzene rings is 1. The first-order valence-electron chi connectivity index (χ1n) is 10.5. The molecular formula is C24H36IN3O2. The number of hydrogen-bond donors (Lipinski definition) is 2. The smallest absolute Gasteiger partial charge is 0.240 e. The molecule has 1 heterocycles. The van der Waals surface area contributed by atoms with Crippen molar-refractivity contribution in [3.05, 3.63) is 41.5 Å². The highest BCUT2D eigenvalue weighted by Crippen LogP contribution is 2.28. The average Bonchev–Trinajstić information content (AvgIpc) is 2.70. The fraction of sp³-hybridized carbons (Fsp3) is 0.542. The summed E-state index contributed by atoms with van der Waals surface area (Å²) < 4.78 is 1.17. The number of halogens is 1. The molecule has 2 atom stereocenters. The highest BCUT2D eigenvalue weighted by Gasteiger charge is 2.37. The maximum atomic E-state index is 13.6. The molecule has 2 amide bonds. The Bertz CT molecular complexity index is 839. The van der Waals surface area contributed by atoms with E-state index in [1.807, 2.05) is 11.0 Å². The Labute approximate surface area is 191 Å². The van der Waals surface area contributed by atoms with Gasteiger partial charge in [0.15, 0.2) is 0 Å². The number of amides is 2. The summed E-state index contributed by atoms with van der Waals surface area (Å²) in [5, 5.41) is 3.65. The molecule has 0 bridgehead atoms. The minimum absolute atomic E-state index is 0.0589. The molecule has 5 nitrogen and oxygen atoms in total. The first-order chi connectivity index (χ1) is 14.1. The number of nitrogens with zero attached hydrogens (tertiary/aromatic N) is 1. The Morgan fingerprint density at radius 3 is 2.50 bits per heavy atom. The van der Waals surface area contributed by atoms with Gasteiger partial charge in [-0.3, -0.25) is 14.9 Å². The molecular weight excluding hydrogens is 489 g/mol. The number of aryl methyl sites for hydroxylation is 1. The molecule has 0 spiro atoms. The van der Waals surface area contributed by atoms with Crippen LogP contribution in [0.15, 0.2) is 30.3 Å². The number of carbonyl (C=O) groups excluding carboxylic acids is 2. The third-order valence-corrected chi connectivity index (χ3v) is 7.64. The third kappa shape index (κ3) is 6.00. The molecule has 3 N–H and O–H groups in total. The molecule has 2 rings (SSSR count). The minimum Gasteiger partial charge on any atom is -0.369 e. The number of likely N-dealkylation sites (tertiary alicyclic amines) is 1. The summed E-state index contributed by atoms with van der Waals surface area (Å²) in [5.74, 6) is -0.498. The van der Waals surface area contributed by atoms with E-state index in [0.717, 1.165) is 12.8 Å². The van der Waals surface area contributed by atoms with Gasteiger partial charge >= 0.3 is 0 Å². The molecule has 1 aromatic carbocycles. The molecule has 0 aromatic heterocycles. The number of carbonyl (C=O) groups is 2. The zero-order valence-corrected chi connectivity index (χ0v) is 21.2. The molecule has 6 heteroatoms. The Balaban J connectivity index is 2.32. The molecule has 0 aliphatic carbocycles. The summed E-state index contributed by atoms with van der Waals surface area (Å²) in [6, 6.07) is 8.00. The number of allylic oxidation sites excluding steroid dienone is 1. The number of nitrogens with one attached hydrogen (secondary N) is 1. The maximum absolute atomic E-state index is 13.6. The highest BCUT2D eigenvalue weighted by atomic mass is 127. The van der Waals surface area contributed by atoms with Crippen LogP contribution < -0.4 is 11.1 Å². The summed E-state index contributed by atoms with van der Waals surface area (Å²) in [6.07, 6.45) is 3.72. The van der Waals surface area contributed by atoms with E-state index in [-0.39, 0.29) is 49.9 Å². The van der Waals surface area contributed by atoms with Crippen LogP contribution in [-0.2, 0) is 9.59 Å². The van der Waals surface area contributed by atoms with Crippen LogP contribution in [0.4, 0.5) is 0 Å². The Morgan fingerprint density at radius 1 is 1.30 bits per heavy atom.